The lowest BCUT2D eigenvalue weighted by Gasteiger charge is -2.19. The lowest BCUT2D eigenvalue weighted by molar-refractivity contribution is 0.926. The Kier molecular flexibility index (Phi) is 3.19. The average Bonchev–Trinajstić information content (AvgIpc) is 2.88. The van der Waals surface area contributed by atoms with Crippen LogP contribution in [0.15, 0.2) is 35.1 Å². The first-order chi connectivity index (χ1) is 10.1. The first kappa shape index (κ1) is 13.3. The number of rotatable bonds is 3. The molecule has 7 heteroatoms. The van der Waals surface area contributed by atoms with E-state index in [2.05, 4.69) is 15.2 Å². The highest BCUT2D eigenvalue weighted by atomic mass is 16.1. The minimum atomic E-state index is -0.281. The monoisotopic (exact) mass is 284 g/mol. The van der Waals surface area contributed by atoms with E-state index in [1.807, 2.05) is 36.2 Å². The van der Waals surface area contributed by atoms with Crippen LogP contribution in [0.1, 0.15) is 11.4 Å². The van der Waals surface area contributed by atoms with Gasteiger partial charge in [0.25, 0.3) is 0 Å². The lowest BCUT2D eigenvalue weighted by atomic mass is 10.2. The molecule has 2 heterocycles. The third-order valence-corrected chi connectivity index (χ3v) is 3.46. The molecule has 0 radical (unpaired) electrons. The molecule has 3 aromatic rings. The molecule has 0 fully saturated rings. The van der Waals surface area contributed by atoms with E-state index in [0.29, 0.717) is 18.0 Å². The molecular weight excluding hydrogens is 268 g/mol. The fourth-order valence-corrected chi connectivity index (χ4v) is 2.24. The van der Waals surface area contributed by atoms with Gasteiger partial charge in [0.2, 0.25) is 0 Å². The number of anilines is 2. The number of nitrogens with two attached hydrogens (primary N) is 1. The first-order valence-corrected chi connectivity index (χ1v) is 6.57. The van der Waals surface area contributed by atoms with E-state index in [1.165, 1.54) is 4.40 Å². The fourth-order valence-electron chi connectivity index (χ4n) is 2.24. The minimum absolute atomic E-state index is 0.281. The summed E-state index contributed by atoms with van der Waals surface area (Å²) in [6.45, 7) is 2.29. The quantitative estimate of drug-likeness (QED) is 0.747. The normalized spacial score (nSPS) is 11.0. The Labute approximate surface area is 121 Å². The molecule has 0 bridgehead atoms. The molecule has 7 nitrogen and oxygen atoms in total. The molecule has 0 aliphatic heterocycles. The number of hydrogen-bond acceptors (Lipinski definition) is 5. The van der Waals surface area contributed by atoms with E-state index < -0.39 is 0 Å². The second kappa shape index (κ2) is 5.02. The van der Waals surface area contributed by atoms with Gasteiger partial charge in [-0.1, -0.05) is 12.1 Å². The summed E-state index contributed by atoms with van der Waals surface area (Å²) in [5, 5.41) is 6.41. The molecule has 0 unspecified atom stereocenters. The largest absolute Gasteiger partial charge is 0.349 e. The standard InChI is InChI=1S/C14H16N6O/c1-9-16-12(7-13-17-18-14(21)20(9)13)19(2)11-5-3-10(8-15)4-6-11/h3-7H,8,15H2,1-2H3,(H,18,21). The number of aryl methyl sites for hydroxylation is 1. The zero-order chi connectivity index (χ0) is 15.0. The smallest absolute Gasteiger partial charge is 0.329 e. The molecule has 0 saturated heterocycles. The van der Waals surface area contributed by atoms with Crippen molar-refractivity contribution in [3.8, 4) is 0 Å². The van der Waals surface area contributed by atoms with Crippen molar-refractivity contribution in [3.05, 3.63) is 52.2 Å². The molecule has 21 heavy (non-hydrogen) atoms. The van der Waals surface area contributed by atoms with Crippen molar-refractivity contribution >= 4 is 17.2 Å². The Bertz CT molecular complexity index is 833. The molecule has 3 N–H and O–H groups in total. The summed E-state index contributed by atoms with van der Waals surface area (Å²) >= 11 is 0. The van der Waals surface area contributed by atoms with Gasteiger partial charge in [-0.05, 0) is 24.6 Å². The van der Waals surface area contributed by atoms with Crippen molar-refractivity contribution in [2.45, 2.75) is 13.5 Å². The number of nitrogens with one attached hydrogen (secondary N) is 1. The van der Waals surface area contributed by atoms with E-state index in [1.54, 1.807) is 13.0 Å². The molecule has 0 spiro atoms. The van der Waals surface area contributed by atoms with Crippen molar-refractivity contribution in [2.24, 2.45) is 5.73 Å². The number of H-pyrrole nitrogens is 1. The van der Waals surface area contributed by atoms with E-state index in [4.69, 9.17) is 5.73 Å². The van der Waals surface area contributed by atoms with Gasteiger partial charge in [-0.15, -0.1) is 0 Å². The maximum atomic E-state index is 11.6. The minimum Gasteiger partial charge on any atom is -0.329 e. The molecule has 1 aromatic carbocycles. The zero-order valence-electron chi connectivity index (χ0n) is 11.9. The Morgan fingerprint density at radius 3 is 2.71 bits per heavy atom. The third-order valence-electron chi connectivity index (χ3n) is 3.46. The van der Waals surface area contributed by atoms with Gasteiger partial charge in [0.05, 0.1) is 0 Å². The highest BCUT2D eigenvalue weighted by Gasteiger charge is 2.11. The van der Waals surface area contributed by atoms with Crippen LogP contribution in [0, 0.1) is 6.92 Å². The summed E-state index contributed by atoms with van der Waals surface area (Å²) < 4.78 is 1.44. The van der Waals surface area contributed by atoms with Gasteiger partial charge >= 0.3 is 5.69 Å². The van der Waals surface area contributed by atoms with E-state index >= 15 is 0 Å². The predicted octanol–water partition coefficient (Wildman–Crippen LogP) is 0.953. The SMILES string of the molecule is Cc1nc(N(C)c2ccc(CN)cc2)cc2n[nH]c(=O)n12. The van der Waals surface area contributed by atoms with Crippen molar-refractivity contribution in [2.75, 3.05) is 11.9 Å². The highest BCUT2D eigenvalue weighted by Crippen LogP contribution is 2.22. The van der Waals surface area contributed by atoms with Crippen LogP contribution in [-0.4, -0.2) is 26.6 Å². The van der Waals surface area contributed by atoms with E-state index in [9.17, 15) is 4.79 Å². The topological polar surface area (TPSA) is 92.3 Å². The van der Waals surface area contributed by atoms with Gasteiger partial charge < -0.3 is 10.6 Å². The summed E-state index contributed by atoms with van der Waals surface area (Å²) in [5.74, 6) is 1.31. The molecular formula is C14H16N6O. The van der Waals surface area contributed by atoms with Crippen molar-refractivity contribution in [1.82, 2.24) is 19.6 Å². The molecule has 0 amide bonds. The van der Waals surface area contributed by atoms with Gasteiger partial charge in [0, 0.05) is 25.3 Å². The van der Waals surface area contributed by atoms with Crippen LogP contribution < -0.4 is 16.3 Å². The van der Waals surface area contributed by atoms with Crippen molar-refractivity contribution < 1.29 is 0 Å². The number of nitrogens with zero attached hydrogens (tertiary/aromatic N) is 4. The van der Waals surface area contributed by atoms with Gasteiger partial charge in [0.1, 0.15) is 11.6 Å². The molecule has 3 rings (SSSR count). The molecule has 0 atom stereocenters. The van der Waals surface area contributed by atoms with Crippen LogP contribution in [0.4, 0.5) is 11.5 Å². The molecule has 0 saturated carbocycles. The summed E-state index contributed by atoms with van der Waals surface area (Å²) in [7, 11) is 1.92. The maximum absolute atomic E-state index is 11.6. The Morgan fingerprint density at radius 1 is 1.33 bits per heavy atom. The average molecular weight is 284 g/mol. The van der Waals surface area contributed by atoms with Gasteiger partial charge in [-0.25, -0.2) is 19.3 Å². The second-order valence-electron chi connectivity index (χ2n) is 4.81. The summed E-state index contributed by atoms with van der Waals surface area (Å²) in [4.78, 5) is 18.0. The number of aromatic amines is 1. The van der Waals surface area contributed by atoms with Crippen LogP contribution in [-0.2, 0) is 6.54 Å². The highest BCUT2D eigenvalue weighted by molar-refractivity contribution is 5.62. The summed E-state index contributed by atoms with van der Waals surface area (Å²) in [6.07, 6.45) is 0. The molecule has 0 aliphatic carbocycles. The number of fused-ring (bicyclic) bond motifs is 1. The van der Waals surface area contributed by atoms with Gasteiger partial charge in [-0.2, -0.15) is 5.10 Å². The molecule has 108 valence electrons. The van der Waals surface area contributed by atoms with Gasteiger partial charge in [-0.3, -0.25) is 0 Å². The van der Waals surface area contributed by atoms with E-state index in [-0.39, 0.29) is 5.69 Å². The Hall–Kier alpha value is -2.67. The molecule has 2 aromatic heterocycles. The number of aromatic nitrogens is 4. The number of hydrogen-bond donors (Lipinski definition) is 2. The second-order valence-corrected chi connectivity index (χ2v) is 4.81. The van der Waals surface area contributed by atoms with Crippen LogP contribution in [0.2, 0.25) is 0 Å². The van der Waals surface area contributed by atoms with E-state index in [0.717, 1.165) is 17.1 Å². The first-order valence-electron chi connectivity index (χ1n) is 6.57. The van der Waals surface area contributed by atoms with Crippen LogP contribution in [0.25, 0.3) is 5.65 Å². The maximum Gasteiger partial charge on any atom is 0.349 e. The third kappa shape index (κ3) is 2.27. The molecule has 0 aliphatic rings. The van der Waals surface area contributed by atoms with Crippen LogP contribution >= 0.6 is 0 Å². The fraction of sp³-hybridized carbons (Fsp3) is 0.214. The number of benzene rings is 1. The zero-order valence-corrected chi connectivity index (χ0v) is 11.9. The Balaban J connectivity index is 2.04. The summed E-state index contributed by atoms with van der Waals surface area (Å²) in [6, 6.07) is 9.70. The Morgan fingerprint density at radius 2 is 2.05 bits per heavy atom. The lowest BCUT2D eigenvalue weighted by Crippen LogP contribution is -2.17. The van der Waals surface area contributed by atoms with Crippen LogP contribution in [0.3, 0.4) is 0 Å². The van der Waals surface area contributed by atoms with Crippen molar-refractivity contribution in [1.29, 1.82) is 0 Å². The van der Waals surface area contributed by atoms with Gasteiger partial charge in [0.15, 0.2) is 5.65 Å². The summed E-state index contributed by atoms with van der Waals surface area (Å²) in [5.41, 5.74) is 7.93. The predicted molar refractivity (Wildman–Crippen MR) is 80.7 cm³/mol. The van der Waals surface area contributed by atoms with Crippen molar-refractivity contribution in [3.63, 3.8) is 0 Å². The van der Waals surface area contributed by atoms with Crippen LogP contribution in [0.5, 0.6) is 0 Å².